The van der Waals surface area contributed by atoms with Crippen molar-refractivity contribution in [3.05, 3.63) is 65.0 Å². The molecule has 3 aromatic rings. The molecule has 0 fully saturated rings. The van der Waals surface area contributed by atoms with Crippen LogP contribution in [-0.4, -0.2) is 40.6 Å². The van der Waals surface area contributed by atoms with E-state index in [9.17, 15) is 9.00 Å². The Bertz CT molecular complexity index is 1140. The maximum atomic E-state index is 12.6. The van der Waals surface area contributed by atoms with Gasteiger partial charge in [-0.25, -0.2) is 4.98 Å². The normalized spacial score (nSPS) is 11.8. The standard InChI is InChI=1S/C26H32N2O5S/c1-5-31-23-11-10-20(15-24(23)32-6-2)12-13-27-25(29)17-34(30)16-22-19(4)33-26(28-22)21-9-7-8-18(3)14-21/h7-11,14-15H,5-6,12-13,16-17H2,1-4H3,(H,27,29)/t34-/m1/s1. The Kier molecular flexibility index (Phi) is 9.27. The first-order valence-electron chi connectivity index (χ1n) is 11.4. The van der Waals surface area contributed by atoms with Crippen LogP contribution in [0, 0.1) is 13.8 Å². The molecule has 1 atom stereocenters. The van der Waals surface area contributed by atoms with Gasteiger partial charge in [0.15, 0.2) is 11.5 Å². The number of aromatic nitrogens is 1. The monoisotopic (exact) mass is 484 g/mol. The first kappa shape index (κ1) is 25.5. The Balaban J connectivity index is 1.49. The summed E-state index contributed by atoms with van der Waals surface area (Å²) in [6, 6.07) is 13.6. The highest BCUT2D eigenvalue weighted by Gasteiger charge is 2.16. The number of nitrogens with one attached hydrogen (secondary N) is 1. The average molecular weight is 485 g/mol. The molecule has 1 amide bonds. The second kappa shape index (κ2) is 12.4. The van der Waals surface area contributed by atoms with Gasteiger partial charge in [0.2, 0.25) is 11.8 Å². The van der Waals surface area contributed by atoms with Crippen molar-refractivity contribution in [1.29, 1.82) is 0 Å². The molecule has 8 heteroatoms. The van der Waals surface area contributed by atoms with Crippen LogP contribution >= 0.6 is 0 Å². The highest BCUT2D eigenvalue weighted by Crippen LogP contribution is 2.28. The molecular weight excluding hydrogens is 452 g/mol. The minimum Gasteiger partial charge on any atom is -0.490 e. The van der Waals surface area contributed by atoms with Crippen LogP contribution in [0.4, 0.5) is 0 Å². The highest BCUT2D eigenvalue weighted by atomic mass is 32.2. The van der Waals surface area contributed by atoms with Gasteiger partial charge in [0.05, 0.1) is 24.7 Å². The lowest BCUT2D eigenvalue weighted by molar-refractivity contribution is -0.118. The molecule has 1 aromatic heterocycles. The summed E-state index contributed by atoms with van der Waals surface area (Å²) >= 11 is 0. The second-order valence-electron chi connectivity index (χ2n) is 7.87. The van der Waals surface area contributed by atoms with Crippen LogP contribution in [0.25, 0.3) is 11.5 Å². The predicted molar refractivity (Wildman–Crippen MR) is 134 cm³/mol. The first-order chi connectivity index (χ1) is 16.4. The van der Waals surface area contributed by atoms with Crippen molar-refractivity contribution in [3.8, 4) is 23.0 Å². The van der Waals surface area contributed by atoms with Gasteiger partial charge in [-0.2, -0.15) is 0 Å². The van der Waals surface area contributed by atoms with Crippen molar-refractivity contribution in [2.45, 2.75) is 39.9 Å². The van der Waals surface area contributed by atoms with Gasteiger partial charge in [-0.15, -0.1) is 0 Å². The number of oxazole rings is 1. The summed E-state index contributed by atoms with van der Waals surface area (Å²) in [5.41, 5.74) is 3.62. The van der Waals surface area contributed by atoms with E-state index in [0.717, 1.165) is 16.7 Å². The smallest absolute Gasteiger partial charge is 0.232 e. The van der Waals surface area contributed by atoms with Crippen LogP contribution in [-0.2, 0) is 27.8 Å². The van der Waals surface area contributed by atoms with Crippen molar-refractivity contribution in [2.75, 3.05) is 25.5 Å². The molecule has 1 N–H and O–H groups in total. The fourth-order valence-electron chi connectivity index (χ4n) is 3.46. The fraction of sp³-hybridized carbons (Fsp3) is 0.385. The van der Waals surface area contributed by atoms with Crippen LogP contribution in [0.5, 0.6) is 11.5 Å². The second-order valence-corrected chi connectivity index (χ2v) is 9.32. The predicted octanol–water partition coefficient (Wildman–Crippen LogP) is 4.36. The Labute approximate surface area is 203 Å². The topological polar surface area (TPSA) is 90.7 Å². The van der Waals surface area contributed by atoms with E-state index in [1.54, 1.807) is 6.92 Å². The van der Waals surface area contributed by atoms with Crippen molar-refractivity contribution in [3.63, 3.8) is 0 Å². The van der Waals surface area contributed by atoms with Crippen LogP contribution in [0.3, 0.4) is 0 Å². The van der Waals surface area contributed by atoms with E-state index in [4.69, 9.17) is 13.9 Å². The number of hydrogen-bond donors (Lipinski definition) is 1. The van der Waals surface area contributed by atoms with Crippen molar-refractivity contribution < 1.29 is 22.9 Å². The van der Waals surface area contributed by atoms with Gasteiger partial charge in [-0.05, 0) is 63.9 Å². The first-order valence-corrected chi connectivity index (χ1v) is 12.9. The van der Waals surface area contributed by atoms with E-state index in [1.807, 2.05) is 63.2 Å². The lowest BCUT2D eigenvalue weighted by Crippen LogP contribution is -2.30. The molecule has 2 aromatic carbocycles. The van der Waals surface area contributed by atoms with Gasteiger partial charge in [0.1, 0.15) is 11.5 Å². The Hall–Kier alpha value is -3.13. The van der Waals surface area contributed by atoms with Crippen LogP contribution in [0.2, 0.25) is 0 Å². The van der Waals surface area contributed by atoms with Gasteiger partial charge < -0.3 is 19.2 Å². The van der Waals surface area contributed by atoms with Crippen molar-refractivity contribution >= 4 is 16.7 Å². The third-order valence-electron chi connectivity index (χ3n) is 5.09. The Morgan fingerprint density at radius 3 is 2.56 bits per heavy atom. The summed E-state index contributed by atoms with van der Waals surface area (Å²) in [5.74, 6) is 2.35. The maximum absolute atomic E-state index is 12.6. The number of aryl methyl sites for hydroxylation is 2. The van der Waals surface area contributed by atoms with Crippen LogP contribution in [0.1, 0.15) is 36.4 Å². The van der Waals surface area contributed by atoms with E-state index in [1.165, 1.54) is 0 Å². The number of hydrogen-bond acceptors (Lipinski definition) is 6. The molecule has 1 heterocycles. The summed E-state index contributed by atoms with van der Waals surface area (Å²) in [4.78, 5) is 16.8. The molecule has 182 valence electrons. The Morgan fingerprint density at radius 1 is 1.06 bits per heavy atom. The number of amides is 1. The average Bonchev–Trinajstić information content (AvgIpc) is 3.15. The number of ether oxygens (including phenoxy) is 2. The molecule has 0 unspecified atom stereocenters. The van der Waals surface area contributed by atoms with E-state index < -0.39 is 10.8 Å². The lowest BCUT2D eigenvalue weighted by atomic mass is 10.1. The quantitative estimate of drug-likeness (QED) is 0.411. The van der Waals surface area contributed by atoms with Gasteiger partial charge >= 0.3 is 0 Å². The molecule has 0 radical (unpaired) electrons. The Morgan fingerprint density at radius 2 is 1.82 bits per heavy atom. The molecule has 0 spiro atoms. The number of carbonyl (C=O) groups is 1. The number of nitrogens with zero attached hydrogens (tertiary/aromatic N) is 1. The third kappa shape index (κ3) is 7.18. The summed E-state index contributed by atoms with van der Waals surface area (Å²) < 4.78 is 29.5. The van der Waals surface area contributed by atoms with Gasteiger partial charge in [0.25, 0.3) is 0 Å². The molecule has 0 aliphatic carbocycles. The van der Waals surface area contributed by atoms with Gasteiger partial charge in [-0.1, -0.05) is 23.8 Å². The zero-order chi connectivity index (χ0) is 24.5. The molecule has 34 heavy (non-hydrogen) atoms. The summed E-state index contributed by atoms with van der Waals surface area (Å²) in [6.45, 7) is 9.20. The zero-order valence-corrected chi connectivity index (χ0v) is 21.0. The van der Waals surface area contributed by atoms with E-state index >= 15 is 0 Å². The maximum Gasteiger partial charge on any atom is 0.232 e. The molecule has 0 saturated carbocycles. The lowest BCUT2D eigenvalue weighted by Gasteiger charge is -2.12. The van der Waals surface area contributed by atoms with Crippen molar-refractivity contribution in [2.24, 2.45) is 0 Å². The third-order valence-corrected chi connectivity index (χ3v) is 6.27. The molecule has 0 saturated heterocycles. The van der Waals surface area contributed by atoms with E-state index in [-0.39, 0.29) is 17.4 Å². The van der Waals surface area contributed by atoms with Crippen LogP contribution < -0.4 is 14.8 Å². The minimum atomic E-state index is -1.39. The fourth-order valence-corrected chi connectivity index (χ4v) is 4.53. The van der Waals surface area contributed by atoms with Crippen molar-refractivity contribution in [1.82, 2.24) is 10.3 Å². The zero-order valence-electron chi connectivity index (χ0n) is 20.2. The molecule has 0 aliphatic rings. The molecule has 0 aliphatic heterocycles. The summed E-state index contributed by atoms with van der Waals surface area (Å²) in [7, 11) is -1.39. The minimum absolute atomic E-state index is 0.0838. The molecule has 0 bridgehead atoms. The largest absolute Gasteiger partial charge is 0.490 e. The molecular formula is C26H32N2O5S. The van der Waals surface area contributed by atoms with Gasteiger partial charge in [0, 0.05) is 22.9 Å². The van der Waals surface area contributed by atoms with E-state index in [0.29, 0.717) is 55.0 Å². The summed E-state index contributed by atoms with van der Waals surface area (Å²) in [6.07, 6.45) is 0.632. The number of benzene rings is 2. The number of rotatable bonds is 12. The SMILES string of the molecule is CCOc1ccc(CCNC(=O)C[S@](=O)Cc2nc(-c3cccc(C)c3)oc2C)cc1OCC. The number of carbonyl (C=O) groups excluding carboxylic acids is 1. The molecule has 7 nitrogen and oxygen atoms in total. The van der Waals surface area contributed by atoms with Gasteiger partial charge in [-0.3, -0.25) is 9.00 Å². The molecule has 3 rings (SSSR count). The highest BCUT2D eigenvalue weighted by molar-refractivity contribution is 7.84. The van der Waals surface area contributed by atoms with Crippen LogP contribution in [0.15, 0.2) is 46.9 Å². The summed E-state index contributed by atoms with van der Waals surface area (Å²) in [5, 5.41) is 2.84. The van der Waals surface area contributed by atoms with E-state index in [2.05, 4.69) is 10.3 Å².